The molecule has 0 radical (unpaired) electrons. The third-order valence-electron chi connectivity index (χ3n) is 3.54. The molecular formula is C18H14ClNO3S. The largest absolute Gasteiger partial charge is 0.488 e. The molecule has 3 rings (SSSR count). The molecule has 0 saturated carbocycles. The molecule has 0 atom stereocenters. The Bertz CT molecular complexity index is 848. The molecule has 1 aliphatic rings. The molecule has 1 heterocycles. The first-order valence-electron chi connectivity index (χ1n) is 7.24. The number of benzene rings is 2. The number of rotatable bonds is 4. The molecule has 1 N–H and O–H groups in total. The van der Waals surface area contributed by atoms with Crippen LogP contribution < -0.4 is 10.1 Å². The number of carbonyl (C=O) groups excluding carboxylic acids is 2. The summed E-state index contributed by atoms with van der Waals surface area (Å²) in [6.45, 7) is 2.43. The first-order valence-corrected chi connectivity index (χ1v) is 8.44. The lowest BCUT2D eigenvalue weighted by atomic mass is 10.1. The summed E-state index contributed by atoms with van der Waals surface area (Å²) in [5.41, 5.74) is 2.88. The zero-order valence-electron chi connectivity index (χ0n) is 12.8. The van der Waals surface area contributed by atoms with Gasteiger partial charge in [-0.1, -0.05) is 35.9 Å². The Morgan fingerprint density at radius 1 is 1.21 bits per heavy atom. The average molecular weight is 360 g/mol. The van der Waals surface area contributed by atoms with Gasteiger partial charge in [0.1, 0.15) is 12.4 Å². The lowest BCUT2D eigenvalue weighted by Gasteiger charge is -2.11. The molecule has 1 saturated heterocycles. The van der Waals surface area contributed by atoms with Crippen LogP contribution in [-0.2, 0) is 11.4 Å². The first kappa shape index (κ1) is 16.6. The van der Waals surface area contributed by atoms with Crippen LogP contribution in [0.2, 0.25) is 5.02 Å². The van der Waals surface area contributed by atoms with Crippen LogP contribution in [0, 0.1) is 6.92 Å². The number of aryl methyl sites for hydroxylation is 1. The van der Waals surface area contributed by atoms with Crippen molar-refractivity contribution >= 4 is 40.6 Å². The quantitative estimate of drug-likeness (QED) is 0.813. The van der Waals surface area contributed by atoms with Crippen molar-refractivity contribution < 1.29 is 14.3 Å². The Morgan fingerprint density at radius 3 is 2.71 bits per heavy atom. The van der Waals surface area contributed by atoms with E-state index in [-0.39, 0.29) is 5.24 Å². The van der Waals surface area contributed by atoms with E-state index < -0.39 is 5.91 Å². The maximum absolute atomic E-state index is 11.7. The first-order chi connectivity index (χ1) is 11.5. The summed E-state index contributed by atoms with van der Waals surface area (Å²) >= 11 is 6.91. The molecular weight excluding hydrogens is 346 g/mol. The molecule has 2 amide bonds. The third-order valence-corrected chi connectivity index (χ3v) is 4.59. The number of imide groups is 1. The minimum absolute atomic E-state index is 0.322. The second-order valence-corrected chi connectivity index (χ2v) is 6.70. The summed E-state index contributed by atoms with van der Waals surface area (Å²) in [5, 5.41) is 2.38. The lowest BCUT2D eigenvalue weighted by Crippen LogP contribution is -2.17. The van der Waals surface area contributed by atoms with E-state index in [0.717, 1.165) is 22.9 Å². The third kappa shape index (κ3) is 3.80. The van der Waals surface area contributed by atoms with Crippen LogP contribution in [0.1, 0.15) is 16.7 Å². The Kier molecular flexibility index (Phi) is 4.92. The van der Waals surface area contributed by atoms with Crippen molar-refractivity contribution in [2.75, 3.05) is 0 Å². The predicted octanol–water partition coefficient (Wildman–Crippen LogP) is 4.55. The highest BCUT2D eigenvalue weighted by Crippen LogP contribution is 2.31. The summed E-state index contributed by atoms with van der Waals surface area (Å²) in [6.07, 6.45) is 1.62. The molecule has 2 aromatic rings. The SMILES string of the molecule is Cc1ccccc1COc1ccc(Cl)cc1/C=C1\SC(=O)NC1=O. The Balaban J connectivity index is 1.86. The number of halogens is 1. The molecule has 4 nitrogen and oxygen atoms in total. The average Bonchev–Trinajstić information content (AvgIpc) is 2.85. The number of hydrogen-bond donors (Lipinski definition) is 1. The summed E-state index contributed by atoms with van der Waals surface area (Å²) in [7, 11) is 0. The van der Waals surface area contributed by atoms with E-state index >= 15 is 0 Å². The zero-order valence-corrected chi connectivity index (χ0v) is 14.4. The number of ether oxygens (including phenoxy) is 1. The highest BCUT2D eigenvalue weighted by Gasteiger charge is 2.25. The summed E-state index contributed by atoms with van der Waals surface area (Å²) in [5.74, 6) is 0.192. The molecule has 1 aliphatic heterocycles. The fourth-order valence-corrected chi connectivity index (χ4v) is 3.11. The van der Waals surface area contributed by atoms with E-state index in [1.807, 2.05) is 31.2 Å². The van der Waals surface area contributed by atoms with Crippen molar-refractivity contribution in [2.45, 2.75) is 13.5 Å². The molecule has 6 heteroatoms. The van der Waals surface area contributed by atoms with Crippen LogP contribution in [0.25, 0.3) is 6.08 Å². The van der Waals surface area contributed by atoms with Crippen molar-refractivity contribution in [1.29, 1.82) is 0 Å². The molecule has 0 aromatic heterocycles. The van der Waals surface area contributed by atoms with Crippen LogP contribution in [0.4, 0.5) is 4.79 Å². The second kappa shape index (κ2) is 7.11. The highest BCUT2D eigenvalue weighted by atomic mass is 35.5. The maximum atomic E-state index is 11.7. The van der Waals surface area contributed by atoms with Crippen LogP contribution in [0.3, 0.4) is 0 Å². The van der Waals surface area contributed by atoms with E-state index in [1.54, 1.807) is 24.3 Å². The van der Waals surface area contributed by atoms with E-state index in [0.29, 0.717) is 27.8 Å². The molecule has 0 spiro atoms. The molecule has 2 aromatic carbocycles. The van der Waals surface area contributed by atoms with E-state index in [4.69, 9.17) is 16.3 Å². The number of nitrogens with one attached hydrogen (secondary N) is 1. The molecule has 24 heavy (non-hydrogen) atoms. The fourth-order valence-electron chi connectivity index (χ4n) is 2.25. The van der Waals surface area contributed by atoms with E-state index in [9.17, 15) is 9.59 Å². The predicted molar refractivity (Wildman–Crippen MR) is 96.1 cm³/mol. The molecule has 1 fully saturated rings. The van der Waals surface area contributed by atoms with Crippen LogP contribution in [0.5, 0.6) is 5.75 Å². The van der Waals surface area contributed by atoms with Crippen LogP contribution in [-0.4, -0.2) is 11.1 Å². The topological polar surface area (TPSA) is 55.4 Å². The number of hydrogen-bond acceptors (Lipinski definition) is 4. The Hall–Kier alpha value is -2.24. The summed E-state index contributed by atoms with van der Waals surface area (Å²) in [6, 6.07) is 13.1. The smallest absolute Gasteiger partial charge is 0.290 e. The second-order valence-electron chi connectivity index (χ2n) is 5.25. The van der Waals surface area contributed by atoms with Crippen molar-refractivity contribution in [3.8, 4) is 5.75 Å². The zero-order chi connectivity index (χ0) is 17.1. The fraction of sp³-hybridized carbons (Fsp3) is 0.111. The normalized spacial score (nSPS) is 15.7. The van der Waals surface area contributed by atoms with Gasteiger partial charge in [-0.15, -0.1) is 0 Å². The summed E-state index contributed by atoms with van der Waals surface area (Å²) < 4.78 is 5.90. The number of thioether (sulfide) groups is 1. The Labute approximate surface area is 148 Å². The molecule has 122 valence electrons. The van der Waals surface area contributed by atoms with E-state index in [2.05, 4.69) is 5.32 Å². The monoisotopic (exact) mass is 359 g/mol. The Morgan fingerprint density at radius 2 is 2.00 bits per heavy atom. The van der Waals surface area contributed by atoms with Gasteiger partial charge in [0, 0.05) is 10.6 Å². The maximum Gasteiger partial charge on any atom is 0.290 e. The highest BCUT2D eigenvalue weighted by molar-refractivity contribution is 8.18. The van der Waals surface area contributed by atoms with Crippen molar-refractivity contribution in [3.05, 3.63) is 69.1 Å². The number of amides is 2. The number of carbonyl (C=O) groups is 2. The van der Waals surface area contributed by atoms with Gasteiger partial charge in [0.25, 0.3) is 11.1 Å². The van der Waals surface area contributed by atoms with Crippen molar-refractivity contribution in [2.24, 2.45) is 0 Å². The minimum Gasteiger partial charge on any atom is -0.488 e. The van der Waals surface area contributed by atoms with Gasteiger partial charge in [0.15, 0.2) is 0 Å². The lowest BCUT2D eigenvalue weighted by molar-refractivity contribution is -0.115. The summed E-state index contributed by atoms with van der Waals surface area (Å²) in [4.78, 5) is 23.3. The van der Waals surface area contributed by atoms with Crippen molar-refractivity contribution in [1.82, 2.24) is 5.32 Å². The molecule has 0 unspecified atom stereocenters. The molecule has 0 bridgehead atoms. The van der Waals surface area contributed by atoms with Gasteiger partial charge in [-0.3, -0.25) is 14.9 Å². The van der Waals surface area contributed by atoms with Crippen molar-refractivity contribution in [3.63, 3.8) is 0 Å². The molecule has 0 aliphatic carbocycles. The minimum atomic E-state index is -0.408. The van der Waals surface area contributed by atoms with Crippen LogP contribution in [0.15, 0.2) is 47.4 Å². The van der Waals surface area contributed by atoms with Crippen LogP contribution >= 0.6 is 23.4 Å². The van der Waals surface area contributed by atoms with Gasteiger partial charge in [0.05, 0.1) is 4.91 Å². The standard InChI is InChI=1S/C18H14ClNO3S/c1-11-4-2-3-5-12(11)10-23-15-7-6-14(19)8-13(15)9-16-17(21)20-18(22)24-16/h2-9H,10H2,1H3,(H,20,21,22)/b16-9-. The van der Waals surface area contributed by atoms with Gasteiger partial charge in [0.2, 0.25) is 0 Å². The van der Waals surface area contributed by atoms with Gasteiger partial charge < -0.3 is 4.74 Å². The van der Waals surface area contributed by atoms with Gasteiger partial charge in [-0.05, 0) is 54.1 Å². The van der Waals surface area contributed by atoms with Gasteiger partial charge in [-0.25, -0.2) is 0 Å². The van der Waals surface area contributed by atoms with E-state index in [1.165, 1.54) is 0 Å². The van der Waals surface area contributed by atoms with Gasteiger partial charge >= 0.3 is 0 Å². The van der Waals surface area contributed by atoms with Gasteiger partial charge in [-0.2, -0.15) is 0 Å².